The van der Waals surface area contributed by atoms with Gasteiger partial charge in [-0.15, -0.1) is 0 Å². The highest BCUT2D eigenvalue weighted by molar-refractivity contribution is 4.96. The normalized spacial score (nSPS) is 34.8. The zero-order valence-electron chi connectivity index (χ0n) is 10.9. The van der Waals surface area contributed by atoms with Gasteiger partial charge >= 0.3 is 0 Å². The average molecular weight is 238 g/mol. The minimum absolute atomic E-state index is 0.241. The lowest BCUT2D eigenvalue weighted by Gasteiger charge is -2.42. The Hall–Kier alpha value is -0.0800. The fraction of sp³-hybridized carbons (Fsp3) is 1.00. The Kier molecular flexibility index (Phi) is 3.20. The van der Waals surface area contributed by atoms with Gasteiger partial charge in [0, 0.05) is 6.61 Å². The SMILES string of the molecule is OCC1(CC2CCC3(CCCCC3)O2)CCC1. The van der Waals surface area contributed by atoms with Gasteiger partial charge in [-0.2, -0.15) is 0 Å². The fourth-order valence-electron chi connectivity index (χ4n) is 4.19. The highest BCUT2D eigenvalue weighted by Gasteiger charge is 2.45. The van der Waals surface area contributed by atoms with Crippen molar-refractivity contribution >= 4 is 0 Å². The standard InChI is InChI=1S/C15H26O2/c16-12-14(6-4-7-14)11-13-5-10-15(17-13)8-2-1-3-9-15/h13,16H,1-12H2. The van der Waals surface area contributed by atoms with Gasteiger partial charge in [-0.3, -0.25) is 0 Å². The van der Waals surface area contributed by atoms with Crippen LogP contribution in [0.4, 0.5) is 0 Å². The fourth-order valence-corrected chi connectivity index (χ4v) is 4.19. The molecular weight excluding hydrogens is 212 g/mol. The Bertz CT molecular complexity index is 259. The maximum atomic E-state index is 9.54. The first-order valence-corrected chi connectivity index (χ1v) is 7.55. The molecule has 1 atom stereocenters. The molecule has 1 heterocycles. The quantitative estimate of drug-likeness (QED) is 0.816. The Labute approximate surface area is 105 Å². The van der Waals surface area contributed by atoms with E-state index in [4.69, 9.17) is 4.74 Å². The molecule has 3 aliphatic rings. The van der Waals surface area contributed by atoms with Crippen molar-refractivity contribution in [2.75, 3.05) is 6.61 Å². The molecule has 98 valence electrons. The highest BCUT2D eigenvalue weighted by atomic mass is 16.5. The van der Waals surface area contributed by atoms with Crippen molar-refractivity contribution in [2.45, 2.75) is 82.3 Å². The van der Waals surface area contributed by atoms with E-state index < -0.39 is 0 Å². The second-order valence-electron chi connectivity index (χ2n) is 6.74. The molecule has 0 aromatic heterocycles. The van der Waals surface area contributed by atoms with Crippen LogP contribution < -0.4 is 0 Å². The first kappa shape index (κ1) is 12.0. The third-order valence-electron chi connectivity index (χ3n) is 5.51. The van der Waals surface area contributed by atoms with Crippen molar-refractivity contribution in [2.24, 2.45) is 5.41 Å². The molecule has 2 heteroatoms. The van der Waals surface area contributed by atoms with Crippen molar-refractivity contribution in [1.29, 1.82) is 0 Å². The van der Waals surface area contributed by atoms with E-state index in [0.29, 0.717) is 12.7 Å². The molecule has 0 radical (unpaired) electrons. The van der Waals surface area contributed by atoms with Gasteiger partial charge in [0.25, 0.3) is 0 Å². The van der Waals surface area contributed by atoms with Gasteiger partial charge in [-0.1, -0.05) is 25.7 Å². The van der Waals surface area contributed by atoms with Gasteiger partial charge < -0.3 is 9.84 Å². The van der Waals surface area contributed by atoms with Crippen molar-refractivity contribution in [1.82, 2.24) is 0 Å². The molecule has 2 aliphatic carbocycles. The monoisotopic (exact) mass is 238 g/mol. The molecule has 3 fully saturated rings. The number of aliphatic hydroxyl groups is 1. The van der Waals surface area contributed by atoms with Gasteiger partial charge in [0.2, 0.25) is 0 Å². The summed E-state index contributed by atoms with van der Waals surface area (Å²) < 4.78 is 6.41. The second-order valence-corrected chi connectivity index (χ2v) is 6.74. The zero-order chi connectivity index (χ0) is 11.8. The van der Waals surface area contributed by atoms with Crippen LogP contribution >= 0.6 is 0 Å². The summed E-state index contributed by atoms with van der Waals surface area (Å²) >= 11 is 0. The minimum atomic E-state index is 0.241. The van der Waals surface area contributed by atoms with Gasteiger partial charge in [-0.05, 0) is 50.4 Å². The number of hydrogen-bond donors (Lipinski definition) is 1. The predicted octanol–water partition coefficient (Wildman–Crippen LogP) is 3.42. The van der Waals surface area contributed by atoms with Crippen molar-refractivity contribution in [3.05, 3.63) is 0 Å². The third kappa shape index (κ3) is 2.26. The van der Waals surface area contributed by atoms with E-state index in [9.17, 15) is 5.11 Å². The lowest BCUT2D eigenvalue weighted by Crippen LogP contribution is -2.38. The average Bonchev–Trinajstić information content (AvgIpc) is 2.68. The summed E-state index contributed by atoms with van der Waals surface area (Å²) in [7, 11) is 0. The minimum Gasteiger partial charge on any atom is -0.396 e. The van der Waals surface area contributed by atoms with Gasteiger partial charge in [-0.25, -0.2) is 0 Å². The highest BCUT2D eigenvalue weighted by Crippen LogP contribution is 2.49. The van der Waals surface area contributed by atoms with Gasteiger partial charge in [0.15, 0.2) is 0 Å². The summed E-state index contributed by atoms with van der Waals surface area (Å²) in [5.74, 6) is 0. The third-order valence-corrected chi connectivity index (χ3v) is 5.51. The van der Waals surface area contributed by atoms with Crippen LogP contribution in [0.15, 0.2) is 0 Å². The summed E-state index contributed by atoms with van der Waals surface area (Å²) in [5.41, 5.74) is 0.494. The molecule has 17 heavy (non-hydrogen) atoms. The smallest absolute Gasteiger partial charge is 0.0687 e. The molecule has 0 amide bonds. The van der Waals surface area contributed by atoms with E-state index in [1.807, 2.05) is 0 Å². The molecular formula is C15H26O2. The van der Waals surface area contributed by atoms with E-state index in [1.165, 1.54) is 64.2 Å². The second kappa shape index (κ2) is 4.55. The van der Waals surface area contributed by atoms with Crippen LogP contribution in [0.5, 0.6) is 0 Å². The molecule has 2 nitrogen and oxygen atoms in total. The Balaban J connectivity index is 1.56. The summed E-state index contributed by atoms with van der Waals surface area (Å²) in [6.45, 7) is 0.375. The van der Waals surface area contributed by atoms with E-state index in [-0.39, 0.29) is 11.0 Å². The van der Waals surface area contributed by atoms with E-state index in [1.54, 1.807) is 0 Å². The van der Waals surface area contributed by atoms with Crippen molar-refractivity contribution < 1.29 is 9.84 Å². The predicted molar refractivity (Wildman–Crippen MR) is 67.9 cm³/mol. The van der Waals surface area contributed by atoms with E-state index in [0.717, 1.165) is 6.42 Å². The van der Waals surface area contributed by atoms with Crippen LogP contribution in [-0.4, -0.2) is 23.4 Å². The zero-order valence-corrected chi connectivity index (χ0v) is 10.9. The molecule has 1 N–H and O–H groups in total. The van der Waals surface area contributed by atoms with Gasteiger partial charge in [0.05, 0.1) is 11.7 Å². The summed E-state index contributed by atoms with van der Waals surface area (Å²) in [4.78, 5) is 0. The Morgan fingerprint density at radius 1 is 0.941 bits per heavy atom. The van der Waals surface area contributed by atoms with Crippen LogP contribution in [0, 0.1) is 5.41 Å². The maximum Gasteiger partial charge on any atom is 0.0687 e. The molecule has 2 saturated carbocycles. The van der Waals surface area contributed by atoms with E-state index >= 15 is 0 Å². The number of ether oxygens (including phenoxy) is 1. The largest absolute Gasteiger partial charge is 0.396 e. The Morgan fingerprint density at radius 3 is 2.29 bits per heavy atom. The Morgan fingerprint density at radius 2 is 1.71 bits per heavy atom. The first-order chi connectivity index (χ1) is 8.26. The van der Waals surface area contributed by atoms with Crippen LogP contribution in [0.25, 0.3) is 0 Å². The number of aliphatic hydroxyl groups excluding tert-OH is 1. The van der Waals surface area contributed by atoms with Crippen LogP contribution in [0.3, 0.4) is 0 Å². The molecule has 1 unspecified atom stereocenters. The van der Waals surface area contributed by atoms with Crippen molar-refractivity contribution in [3.8, 4) is 0 Å². The van der Waals surface area contributed by atoms with Crippen LogP contribution in [0.2, 0.25) is 0 Å². The molecule has 3 rings (SSSR count). The van der Waals surface area contributed by atoms with Crippen LogP contribution in [-0.2, 0) is 4.74 Å². The molecule has 1 saturated heterocycles. The molecule has 1 aliphatic heterocycles. The molecule has 0 aromatic rings. The first-order valence-electron chi connectivity index (χ1n) is 7.55. The number of rotatable bonds is 3. The number of hydrogen-bond acceptors (Lipinski definition) is 2. The maximum absolute atomic E-state index is 9.54. The topological polar surface area (TPSA) is 29.5 Å². The summed E-state index contributed by atoms with van der Waals surface area (Å²) in [6.07, 6.45) is 14.5. The molecule has 0 aromatic carbocycles. The summed E-state index contributed by atoms with van der Waals surface area (Å²) in [5, 5.41) is 9.54. The lowest BCUT2D eigenvalue weighted by molar-refractivity contribution is -0.0925. The van der Waals surface area contributed by atoms with Crippen LogP contribution in [0.1, 0.15) is 70.6 Å². The van der Waals surface area contributed by atoms with Gasteiger partial charge in [0.1, 0.15) is 0 Å². The van der Waals surface area contributed by atoms with Crippen molar-refractivity contribution in [3.63, 3.8) is 0 Å². The molecule has 0 bridgehead atoms. The molecule has 1 spiro atoms. The van der Waals surface area contributed by atoms with E-state index in [2.05, 4.69) is 0 Å². The summed E-state index contributed by atoms with van der Waals surface area (Å²) in [6, 6.07) is 0. The lowest BCUT2D eigenvalue weighted by atomic mass is 9.66.